The van der Waals surface area contributed by atoms with E-state index in [2.05, 4.69) is 10.6 Å². The average molecular weight is 428 g/mol. The molecule has 0 radical (unpaired) electrons. The van der Waals surface area contributed by atoms with Crippen molar-refractivity contribution in [3.05, 3.63) is 63.6 Å². The number of rotatable bonds is 6. The molecule has 0 aliphatic carbocycles. The van der Waals surface area contributed by atoms with Crippen LogP contribution in [0.15, 0.2) is 42.5 Å². The molecular formula is C18H19Cl2N3O5. The highest BCUT2D eigenvalue weighted by Gasteiger charge is 2.09. The summed E-state index contributed by atoms with van der Waals surface area (Å²) in [6.07, 6.45) is -0.105. The van der Waals surface area contributed by atoms with Gasteiger partial charge in [0.15, 0.2) is 0 Å². The lowest BCUT2D eigenvalue weighted by molar-refractivity contribution is -0.136. The number of nitrogens with two attached hydrogens (primary N) is 1. The van der Waals surface area contributed by atoms with Crippen LogP contribution in [-0.2, 0) is 11.3 Å². The number of halogens is 2. The molecule has 0 aliphatic rings. The Morgan fingerprint density at radius 1 is 0.964 bits per heavy atom. The van der Waals surface area contributed by atoms with E-state index < -0.39 is 17.9 Å². The molecule has 0 saturated carbocycles. The van der Waals surface area contributed by atoms with Crippen molar-refractivity contribution < 1.29 is 24.6 Å². The number of nitrogens with one attached hydrogen (secondary N) is 2. The minimum absolute atomic E-state index is 0.0940. The van der Waals surface area contributed by atoms with E-state index in [1.807, 2.05) is 0 Å². The molecule has 0 bridgehead atoms. The van der Waals surface area contributed by atoms with Gasteiger partial charge in [0.05, 0.1) is 22.0 Å². The lowest BCUT2D eigenvalue weighted by Gasteiger charge is -2.06. The molecule has 0 saturated heterocycles. The molecule has 150 valence electrons. The van der Waals surface area contributed by atoms with Crippen molar-refractivity contribution in [3.63, 3.8) is 0 Å². The van der Waals surface area contributed by atoms with E-state index >= 15 is 0 Å². The van der Waals surface area contributed by atoms with E-state index in [9.17, 15) is 14.4 Å². The van der Waals surface area contributed by atoms with Crippen LogP contribution >= 0.6 is 23.2 Å². The lowest BCUT2D eigenvalue weighted by Crippen LogP contribution is -2.36. The summed E-state index contributed by atoms with van der Waals surface area (Å²) in [5, 5.41) is 23.0. The fourth-order valence-electron chi connectivity index (χ4n) is 1.87. The summed E-state index contributed by atoms with van der Waals surface area (Å²) in [4.78, 5) is 32.1. The average Bonchev–Trinajstić information content (AvgIpc) is 2.61. The van der Waals surface area contributed by atoms with Crippen molar-refractivity contribution in [1.29, 1.82) is 0 Å². The smallest absolute Gasteiger partial charge is 0.315 e. The number of amides is 3. The Labute approximate surface area is 171 Å². The molecule has 10 heteroatoms. The molecule has 0 unspecified atom stereocenters. The summed E-state index contributed by atoms with van der Waals surface area (Å²) in [6, 6.07) is 10.8. The number of carboxylic acid groups (broad SMARTS) is 1. The number of carboxylic acids is 1. The Bertz CT molecular complexity index is 808. The fourth-order valence-corrected chi connectivity index (χ4v) is 2.46. The highest BCUT2D eigenvalue weighted by atomic mass is 35.5. The molecule has 0 aliphatic heterocycles. The number of phenols is 1. The van der Waals surface area contributed by atoms with Crippen molar-refractivity contribution in [1.82, 2.24) is 10.6 Å². The van der Waals surface area contributed by atoms with Gasteiger partial charge in [-0.15, -0.1) is 0 Å². The number of carbonyl (C=O) groups is 3. The summed E-state index contributed by atoms with van der Waals surface area (Å²) in [6.45, 7) is 0.413. The van der Waals surface area contributed by atoms with Crippen LogP contribution in [0.1, 0.15) is 22.3 Å². The van der Waals surface area contributed by atoms with Gasteiger partial charge in [0.1, 0.15) is 5.75 Å². The van der Waals surface area contributed by atoms with Crippen molar-refractivity contribution in [2.24, 2.45) is 5.73 Å². The van der Waals surface area contributed by atoms with Crippen LogP contribution in [0.5, 0.6) is 5.75 Å². The molecule has 2 aromatic rings. The third-order valence-electron chi connectivity index (χ3n) is 3.22. The van der Waals surface area contributed by atoms with Crippen LogP contribution in [-0.4, -0.2) is 34.7 Å². The summed E-state index contributed by atoms with van der Waals surface area (Å²) >= 11 is 11.3. The van der Waals surface area contributed by atoms with Crippen molar-refractivity contribution in [3.8, 4) is 5.75 Å². The van der Waals surface area contributed by atoms with Crippen LogP contribution in [0.3, 0.4) is 0 Å². The normalized spacial score (nSPS) is 9.64. The number of hydrogen-bond acceptors (Lipinski definition) is 4. The maximum absolute atomic E-state index is 11.2. The van der Waals surface area contributed by atoms with Crippen LogP contribution in [0.25, 0.3) is 0 Å². The quantitative estimate of drug-likeness (QED) is 0.481. The van der Waals surface area contributed by atoms with Gasteiger partial charge in [-0.25, -0.2) is 4.79 Å². The van der Waals surface area contributed by atoms with Crippen molar-refractivity contribution >= 4 is 41.1 Å². The summed E-state index contributed by atoms with van der Waals surface area (Å²) in [5.74, 6) is -1.40. The highest BCUT2D eigenvalue weighted by molar-refractivity contribution is 6.39. The zero-order chi connectivity index (χ0) is 21.1. The molecule has 0 heterocycles. The molecule has 6 N–H and O–H groups in total. The second-order valence-electron chi connectivity index (χ2n) is 5.38. The minimum Gasteiger partial charge on any atom is -0.508 e. The predicted octanol–water partition coefficient (Wildman–Crippen LogP) is 2.76. The maximum Gasteiger partial charge on any atom is 0.315 e. The lowest BCUT2D eigenvalue weighted by atomic mass is 10.2. The van der Waals surface area contributed by atoms with E-state index in [-0.39, 0.29) is 34.3 Å². The van der Waals surface area contributed by atoms with Gasteiger partial charge in [-0.05, 0) is 29.8 Å². The molecule has 0 fully saturated rings. The second kappa shape index (κ2) is 11.7. The van der Waals surface area contributed by atoms with Gasteiger partial charge in [0.25, 0.3) is 5.91 Å². The van der Waals surface area contributed by atoms with Crippen LogP contribution in [0, 0.1) is 0 Å². The van der Waals surface area contributed by atoms with Gasteiger partial charge in [-0.1, -0.05) is 41.4 Å². The molecule has 0 aromatic heterocycles. The van der Waals surface area contributed by atoms with Crippen LogP contribution in [0.2, 0.25) is 10.0 Å². The molecule has 2 rings (SSSR count). The number of carbonyl (C=O) groups excluding carboxylic acids is 2. The van der Waals surface area contributed by atoms with E-state index in [1.165, 1.54) is 12.1 Å². The van der Waals surface area contributed by atoms with Gasteiger partial charge < -0.3 is 26.6 Å². The maximum atomic E-state index is 11.2. The highest BCUT2D eigenvalue weighted by Crippen LogP contribution is 2.23. The Morgan fingerprint density at radius 2 is 1.54 bits per heavy atom. The van der Waals surface area contributed by atoms with Gasteiger partial charge in [0, 0.05) is 13.1 Å². The first-order valence-corrected chi connectivity index (χ1v) is 8.71. The first kappa shape index (κ1) is 23.1. The molecular weight excluding hydrogens is 409 g/mol. The third kappa shape index (κ3) is 8.61. The number of primary amides is 1. The zero-order valence-electron chi connectivity index (χ0n) is 14.6. The number of aliphatic carboxylic acids is 1. The van der Waals surface area contributed by atoms with Gasteiger partial charge >= 0.3 is 12.0 Å². The van der Waals surface area contributed by atoms with E-state index in [0.29, 0.717) is 6.54 Å². The zero-order valence-corrected chi connectivity index (χ0v) is 16.1. The topological polar surface area (TPSA) is 142 Å². The number of aromatic hydroxyl groups is 1. The Kier molecular flexibility index (Phi) is 9.63. The Balaban J connectivity index is 0.000000307. The van der Waals surface area contributed by atoms with Gasteiger partial charge in [-0.2, -0.15) is 0 Å². The molecule has 0 atom stereocenters. The summed E-state index contributed by atoms with van der Waals surface area (Å²) < 4.78 is 0. The first-order chi connectivity index (χ1) is 13.2. The first-order valence-electron chi connectivity index (χ1n) is 7.96. The van der Waals surface area contributed by atoms with E-state index in [4.69, 9.17) is 39.1 Å². The monoisotopic (exact) mass is 427 g/mol. The van der Waals surface area contributed by atoms with Crippen molar-refractivity contribution in [2.75, 3.05) is 6.54 Å². The molecule has 8 nitrogen and oxygen atoms in total. The minimum atomic E-state index is -0.955. The Morgan fingerprint density at radius 3 is 2.00 bits per heavy atom. The molecule has 2 aromatic carbocycles. The number of phenolic OH excluding ortho intramolecular Hbond substituents is 1. The third-order valence-corrected chi connectivity index (χ3v) is 3.85. The predicted molar refractivity (Wildman–Crippen MR) is 106 cm³/mol. The standard InChI is InChI=1S/C11H14N2O4.C7H5Cl2NO/c14-9-3-1-8(2-4-9)7-13-11(17)12-6-5-10(15)16;8-4-2-1-3-5(9)6(4)7(10)11/h1-4,14H,5-7H2,(H,15,16)(H2,12,13,17);1-3H,(H2,10,11). The van der Waals surface area contributed by atoms with Crippen LogP contribution in [0.4, 0.5) is 4.79 Å². The largest absolute Gasteiger partial charge is 0.508 e. The Hall–Kier alpha value is -2.97. The van der Waals surface area contributed by atoms with E-state index in [0.717, 1.165) is 5.56 Å². The SMILES string of the molecule is NC(=O)c1c(Cl)cccc1Cl.O=C(O)CCNC(=O)NCc1ccc(O)cc1. The summed E-state index contributed by atoms with van der Waals surface area (Å²) in [7, 11) is 0. The molecule has 28 heavy (non-hydrogen) atoms. The number of benzene rings is 2. The van der Waals surface area contributed by atoms with Crippen LogP contribution < -0.4 is 16.4 Å². The van der Waals surface area contributed by atoms with Gasteiger partial charge in [0.2, 0.25) is 0 Å². The van der Waals surface area contributed by atoms with E-state index in [1.54, 1.807) is 30.3 Å². The number of urea groups is 1. The second-order valence-corrected chi connectivity index (χ2v) is 6.19. The molecule has 0 spiro atoms. The number of hydrogen-bond donors (Lipinski definition) is 5. The van der Waals surface area contributed by atoms with Gasteiger partial charge in [-0.3, -0.25) is 9.59 Å². The summed E-state index contributed by atoms with van der Waals surface area (Å²) in [5.41, 5.74) is 6.03. The fraction of sp³-hybridized carbons (Fsp3) is 0.167. The van der Waals surface area contributed by atoms with Crippen molar-refractivity contribution in [2.45, 2.75) is 13.0 Å². The molecule has 3 amide bonds.